The molecular formula is C17H34N2. The van der Waals surface area contributed by atoms with E-state index in [2.05, 4.69) is 18.9 Å². The van der Waals surface area contributed by atoms with Crippen molar-refractivity contribution in [2.24, 2.45) is 23.5 Å². The van der Waals surface area contributed by atoms with Gasteiger partial charge in [-0.2, -0.15) is 0 Å². The van der Waals surface area contributed by atoms with Gasteiger partial charge in [0.1, 0.15) is 0 Å². The molecule has 0 aromatic heterocycles. The lowest BCUT2D eigenvalue weighted by atomic mass is 9.78. The van der Waals surface area contributed by atoms with E-state index in [1.165, 1.54) is 64.3 Å². The molecule has 0 bridgehead atoms. The predicted molar refractivity (Wildman–Crippen MR) is 83.2 cm³/mol. The number of likely N-dealkylation sites (N-methyl/N-ethyl adjacent to an activating group) is 1. The lowest BCUT2D eigenvalue weighted by Gasteiger charge is -2.39. The van der Waals surface area contributed by atoms with Crippen LogP contribution in [0.3, 0.4) is 0 Å². The first kappa shape index (κ1) is 15.3. The summed E-state index contributed by atoms with van der Waals surface area (Å²) in [6.07, 6.45) is 12.9. The van der Waals surface area contributed by atoms with Crippen molar-refractivity contribution in [1.82, 2.24) is 4.90 Å². The summed E-state index contributed by atoms with van der Waals surface area (Å²) in [6.45, 7) is 4.54. The molecule has 0 heterocycles. The van der Waals surface area contributed by atoms with Crippen molar-refractivity contribution >= 4 is 0 Å². The van der Waals surface area contributed by atoms with E-state index >= 15 is 0 Å². The van der Waals surface area contributed by atoms with E-state index in [9.17, 15) is 0 Å². The maximum Gasteiger partial charge on any atom is 0.0243 e. The van der Waals surface area contributed by atoms with Crippen LogP contribution in [0.5, 0.6) is 0 Å². The third-order valence-electron chi connectivity index (χ3n) is 5.68. The highest BCUT2D eigenvalue weighted by molar-refractivity contribution is 4.84. The van der Waals surface area contributed by atoms with Gasteiger partial charge in [-0.3, -0.25) is 0 Å². The molecule has 0 saturated heterocycles. The SMILES string of the molecule is CC1CCC(C(CN)N(C)CC2CCCCC2)CC1. The first-order valence-electron chi connectivity index (χ1n) is 8.61. The van der Waals surface area contributed by atoms with Gasteiger partial charge in [0.15, 0.2) is 0 Å². The van der Waals surface area contributed by atoms with Crippen molar-refractivity contribution in [3.8, 4) is 0 Å². The summed E-state index contributed by atoms with van der Waals surface area (Å²) >= 11 is 0. The molecule has 2 aliphatic rings. The van der Waals surface area contributed by atoms with Gasteiger partial charge in [-0.25, -0.2) is 0 Å². The van der Waals surface area contributed by atoms with E-state index in [-0.39, 0.29) is 0 Å². The van der Waals surface area contributed by atoms with Gasteiger partial charge < -0.3 is 10.6 Å². The number of nitrogens with two attached hydrogens (primary N) is 1. The normalized spacial score (nSPS) is 31.6. The second-order valence-electron chi connectivity index (χ2n) is 7.27. The van der Waals surface area contributed by atoms with Crippen LogP contribution in [0.2, 0.25) is 0 Å². The van der Waals surface area contributed by atoms with Crippen LogP contribution in [0, 0.1) is 17.8 Å². The standard InChI is InChI=1S/C17H34N2/c1-14-8-10-16(11-9-14)17(12-18)19(2)13-15-6-4-3-5-7-15/h14-17H,3-13,18H2,1-2H3. The highest BCUT2D eigenvalue weighted by atomic mass is 15.1. The van der Waals surface area contributed by atoms with Crippen LogP contribution in [-0.2, 0) is 0 Å². The largest absolute Gasteiger partial charge is 0.329 e. The van der Waals surface area contributed by atoms with Crippen LogP contribution in [0.4, 0.5) is 0 Å². The summed E-state index contributed by atoms with van der Waals surface area (Å²) < 4.78 is 0. The first-order valence-corrected chi connectivity index (χ1v) is 8.61. The van der Waals surface area contributed by atoms with Crippen LogP contribution in [0.15, 0.2) is 0 Å². The van der Waals surface area contributed by atoms with Crippen molar-refractivity contribution in [2.75, 3.05) is 20.1 Å². The zero-order valence-electron chi connectivity index (χ0n) is 13.1. The predicted octanol–water partition coefficient (Wildman–Crippen LogP) is 3.65. The van der Waals surface area contributed by atoms with Gasteiger partial charge in [-0.05, 0) is 50.5 Å². The third-order valence-corrected chi connectivity index (χ3v) is 5.68. The molecular weight excluding hydrogens is 232 g/mol. The van der Waals surface area contributed by atoms with Crippen LogP contribution >= 0.6 is 0 Å². The Morgan fingerprint density at radius 1 is 1.00 bits per heavy atom. The van der Waals surface area contributed by atoms with Gasteiger partial charge in [0.2, 0.25) is 0 Å². The highest BCUT2D eigenvalue weighted by Crippen LogP contribution is 2.33. The van der Waals surface area contributed by atoms with Gasteiger partial charge >= 0.3 is 0 Å². The molecule has 2 rings (SSSR count). The molecule has 2 nitrogen and oxygen atoms in total. The molecule has 0 aliphatic heterocycles. The van der Waals surface area contributed by atoms with Crippen molar-refractivity contribution in [2.45, 2.75) is 70.8 Å². The Bertz CT molecular complexity index is 240. The Labute approximate surface area is 120 Å². The van der Waals surface area contributed by atoms with Crippen LogP contribution < -0.4 is 5.73 Å². The number of hydrogen-bond donors (Lipinski definition) is 1. The smallest absolute Gasteiger partial charge is 0.0243 e. The summed E-state index contributed by atoms with van der Waals surface area (Å²) in [5.74, 6) is 2.74. The Kier molecular flexibility index (Phi) is 6.15. The maximum absolute atomic E-state index is 6.10. The van der Waals surface area contributed by atoms with Crippen LogP contribution in [0.25, 0.3) is 0 Å². The molecule has 112 valence electrons. The summed E-state index contributed by atoms with van der Waals surface area (Å²) in [7, 11) is 2.32. The van der Waals surface area contributed by atoms with Crippen LogP contribution in [0.1, 0.15) is 64.7 Å². The molecule has 2 N–H and O–H groups in total. The first-order chi connectivity index (χ1) is 9.20. The second-order valence-corrected chi connectivity index (χ2v) is 7.27. The highest BCUT2D eigenvalue weighted by Gasteiger charge is 2.29. The Hall–Kier alpha value is -0.0800. The van der Waals surface area contributed by atoms with Crippen molar-refractivity contribution in [3.05, 3.63) is 0 Å². The molecule has 0 spiro atoms. The van der Waals surface area contributed by atoms with Gasteiger partial charge in [-0.15, -0.1) is 0 Å². The minimum Gasteiger partial charge on any atom is -0.329 e. The molecule has 0 radical (unpaired) electrons. The minimum atomic E-state index is 0.634. The molecule has 1 unspecified atom stereocenters. The molecule has 19 heavy (non-hydrogen) atoms. The molecule has 0 amide bonds. The van der Waals surface area contributed by atoms with Crippen molar-refractivity contribution in [1.29, 1.82) is 0 Å². The monoisotopic (exact) mass is 266 g/mol. The van der Waals surface area contributed by atoms with E-state index in [0.29, 0.717) is 6.04 Å². The van der Waals surface area contributed by atoms with Crippen molar-refractivity contribution in [3.63, 3.8) is 0 Å². The second kappa shape index (κ2) is 7.64. The zero-order valence-corrected chi connectivity index (χ0v) is 13.1. The molecule has 0 aromatic rings. The molecule has 0 aromatic carbocycles. The number of hydrogen-bond acceptors (Lipinski definition) is 2. The van der Waals surface area contributed by atoms with Gasteiger partial charge in [0, 0.05) is 19.1 Å². The summed E-state index contributed by atoms with van der Waals surface area (Å²) in [5.41, 5.74) is 6.10. The topological polar surface area (TPSA) is 29.3 Å². The van der Waals surface area contributed by atoms with Crippen LogP contribution in [-0.4, -0.2) is 31.1 Å². The molecule has 1 atom stereocenters. The summed E-state index contributed by atoms with van der Waals surface area (Å²) in [4.78, 5) is 2.61. The lowest BCUT2D eigenvalue weighted by Crippen LogP contribution is -2.46. The zero-order chi connectivity index (χ0) is 13.7. The average molecular weight is 266 g/mol. The van der Waals surface area contributed by atoms with Gasteiger partial charge in [0.25, 0.3) is 0 Å². The fourth-order valence-corrected chi connectivity index (χ4v) is 4.32. The Morgan fingerprint density at radius 3 is 2.21 bits per heavy atom. The average Bonchev–Trinajstić information content (AvgIpc) is 2.43. The molecule has 2 heteroatoms. The Morgan fingerprint density at radius 2 is 1.63 bits per heavy atom. The number of rotatable bonds is 5. The van der Waals surface area contributed by atoms with E-state index in [0.717, 1.165) is 24.3 Å². The van der Waals surface area contributed by atoms with E-state index in [4.69, 9.17) is 5.73 Å². The van der Waals surface area contributed by atoms with E-state index in [1.807, 2.05) is 0 Å². The van der Waals surface area contributed by atoms with E-state index < -0.39 is 0 Å². The van der Waals surface area contributed by atoms with Gasteiger partial charge in [0.05, 0.1) is 0 Å². The minimum absolute atomic E-state index is 0.634. The third kappa shape index (κ3) is 4.46. The molecule has 2 saturated carbocycles. The summed E-state index contributed by atoms with van der Waals surface area (Å²) in [5, 5.41) is 0. The maximum atomic E-state index is 6.10. The van der Waals surface area contributed by atoms with Gasteiger partial charge in [-0.1, -0.05) is 39.0 Å². The molecule has 2 aliphatic carbocycles. The van der Waals surface area contributed by atoms with Crippen molar-refractivity contribution < 1.29 is 0 Å². The number of nitrogens with zero attached hydrogens (tertiary/aromatic N) is 1. The quantitative estimate of drug-likeness (QED) is 0.823. The summed E-state index contributed by atoms with van der Waals surface area (Å²) in [6, 6.07) is 0.634. The lowest BCUT2D eigenvalue weighted by molar-refractivity contribution is 0.111. The van der Waals surface area contributed by atoms with E-state index in [1.54, 1.807) is 0 Å². The fraction of sp³-hybridized carbons (Fsp3) is 1.00. The Balaban J connectivity index is 1.81. The fourth-order valence-electron chi connectivity index (χ4n) is 4.32. The molecule has 2 fully saturated rings.